The maximum atomic E-state index is 13.4. The van der Waals surface area contributed by atoms with Crippen molar-refractivity contribution >= 4 is 0 Å². The molecule has 1 atom stereocenters. The van der Waals surface area contributed by atoms with Gasteiger partial charge in [0.15, 0.2) is 23.2 Å². The third kappa shape index (κ3) is 4.01. The summed E-state index contributed by atoms with van der Waals surface area (Å²) in [6.07, 6.45) is 0. The van der Waals surface area contributed by atoms with Crippen molar-refractivity contribution in [1.29, 1.82) is 0 Å². The molecule has 2 rings (SSSR count). The Balaban J connectivity index is 1.90. The Kier molecular flexibility index (Phi) is 5.44. The summed E-state index contributed by atoms with van der Waals surface area (Å²) in [5.41, 5.74) is 0.673. The lowest BCUT2D eigenvalue weighted by atomic mass is 10.1. The number of likely N-dealkylation sites (N-methyl/N-ethyl adjacent to an activating group) is 1. The summed E-state index contributed by atoms with van der Waals surface area (Å²) in [4.78, 5) is 1.92. The summed E-state index contributed by atoms with van der Waals surface area (Å²) >= 11 is 0. The van der Waals surface area contributed by atoms with Crippen LogP contribution in [0, 0.1) is 17.5 Å². The van der Waals surface area contributed by atoms with Gasteiger partial charge in [-0.05, 0) is 43.8 Å². The number of halogens is 3. The van der Waals surface area contributed by atoms with Crippen LogP contribution in [-0.4, -0.2) is 25.1 Å². The van der Waals surface area contributed by atoms with Crippen LogP contribution < -0.4 is 4.74 Å². The van der Waals surface area contributed by atoms with Crippen LogP contribution in [0.4, 0.5) is 13.2 Å². The Hall–Kier alpha value is -2.01. The monoisotopic (exact) mass is 309 g/mol. The van der Waals surface area contributed by atoms with Crippen molar-refractivity contribution in [3.8, 4) is 5.75 Å². The van der Waals surface area contributed by atoms with Crippen molar-refractivity contribution in [3.05, 3.63) is 65.5 Å². The third-order valence-corrected chi connectivity index (χ3v) is 3.63. The first-order chi connectivity index (χ1) is 10.5. The molecule has 0 saturated heterocycles. The molecular formula is C17H18F3NO. The highest BCUT2D eigenvalue weighted by molar-refractivity contribution is 5.23. The second-order valence-corrected chi connectivity index (χ2v) is 5.11. The molecule has 118 valence electrons. The molecule has 0 aromatic heterocycles. The summed E-state index contributed by atoms with van der Waals surface area (Å²) in [6.45, 7) is 2.70. The van der Waals surface area contributed by atoms with Crippen molar-refractivity contribution in [2.75, 3.05) is 20.2 Å². The van der Waals surface area contributed by atoms with Crippen molar-refractivity contribution in [3.63, 3.8) is 0 Å². The van der Waals surface area contributed by atoms with Crippen molar-refractivity contribution < 1.29 is 17.9 Å². The molecule has 0 radical (unpaired) electrons. The fourth-order valence-electron chi connectivity index (χ4n) is 2.08. The molecule has 5 heteroatoms. The Morgan fingerprint density at radius 2 is 1.73 bits per heavy atom. The molecule has 1 unspecified atom stereocenters. The fraction of sp³-hybridized carbons (Fsp3) is 0.294. The Bertz CT molecular complexity index is 633. The van der Waals surface area contributed by atoms with Gasteiger partial charge in [-0.3, -0.25) is 4.90 Å². The highest BCUT2D eigenvalue weighted by atomic mass is 19.2. The van der Waals surface area contributed by atoms with E-state index in [4.69, 9.17) is 4.74 Å². The molecule has 2 nitrogen and oxygen atoms in total. The van der Waals surface area contributed by atoms with Crippen molar-refractivity contribution in [2.45, 2.75) is 13.0 Å². The van der Waals surface area contributed by atoms with E-state index in [0.717, 1.165) is 6.07 Å². The maximum absolute atomic E-state index is 13.4. The topological polar surface area (TPSA) is 12.5 Å². The molecule has 0 spiro atoms. The normalized spacial score (nSPS) is 12.5. The molecular weight excluding hydrogens is 291 g/mol. The second-order valence-electron chi connectivity index (χ2n) is 5.11. The van der Waals surface area contributed by atoms with Crippen molar-refractivity contribution in [1.82, 2.24) is 4.90 Å². The van der Waals surface area contributed by atoms with Crippen LogP contribution in [-0.2, 0) is 0 Å². The van der Waals surface area contributed by atoms with Gasteiger partial charge in [0.1, 0.15) is 6.61 Å². The molecule has 22 heavy (non-hydrogen) atoms. The molecule has 0 aliphatic carbocycles. The molecule has 0 N–H and O–H groups in total. The minimum absolute atomic E-state index is 0.112. The van der Waals surface area contributed by atoms with Gasteiger partial charge >= 0.3 is 0 Å². The van der Waals surface area contributed by atoms with E-state index in [1.54, 1.807) is 24.3 Å². The van der Waals surface area contributed by atoms with Gasteiger partial charge in [0.05, 0.1) is 0 Å². The first kappa shape index (κ1) is 16.4. The highest BCUT2D eigenvalue weighted by Crippen LogP contribution is 2.21. The molecule has 0 aliphatic rings. The largest absolute Gasteiger partial charge is 0.489 e. The van der Waals surface area contributed by atoms with Gasteiger partial charge in [-0.15, -0.1) is 0 Å². The first-order valence-electron chi connectivity index (χ1n) is 7.01. The van der Waals surface area contributed by atoms with Crippen LogP contribution in [0.2, 0.25) is 0 Å². The summed E-state index contributed by atoms with van der Waals surface area (Å²) < 4.78 is 45.0. The van der Waals surface area contributed by atoms with Crippen LogP contribution >= 0.6 is 0 Å². The Labute approximate surface area is 128 Å². The number of ether oxygens (including phenoxy) is 1. The third-order valence-electron chi connectivity index (χ3n) is 3.63. The quantitative estimate of drug-likeness (QED) is 0.794. The standard InChI is InChI=1S/C17H18F3NO/c1-12(13-7-8-14(18)16(20)11-13)21(2)9-10-22-17-6-4-3-5-15(17)19/h3-8,11-12H,9-10H2,1-2H3. The van der Waals surface area contributed by atoms with Crippen LogP contribution in [0.25, 0.3) is 0 Å². The lowest BCUT2D eigenvalue weighted by molar-refractivity contribution is 0.196. The number of hydrogen-bond donors (Lipinski definition) is 0. The SMILES string of the molecule is CC(c1ccc(F)c(F)c1)N(C)CCOc1ccccc1F. The number of hydrogen-bond acceptors (Lipinski definition) is 2. The Morgan fingerprint density at radius 3 is 2.41 bits per heavy atom. The molecule has 0 aliphatic heterocycles. The van der Waals surface area contributed by atoms with Gasteiger partial charge in [-0.25, -0.2) is 13.2 Å². The number of nitrogens with zero attached hydrogens (tertiary/aromatic N) is 1. The predicted molar refractivity (Wildman–Crippen MR) is 79.3 cm³/mol. The molecule has 0 bridgehead atoms. The highest BCUT2D eigenvalue weighted by Gasteiger charge is 2.14. The lowest BCUT2D eigenvalue weighted by Gasteiger charge is -2.25. The zero-order valence-corrected chi connectivity index (χ0v) is 12.5. The average molecular weight is 309 g/mol. The smallest absolute Gasteiger partial charge is 0.165 e. The van der Waals surface area contributed by atoms with Gasteiger partial charge in [0, 0.05) is 12.6 Å². The van der Waals surface area contributed by atoms with E-state index in [2.05, 4.69) is 0 Å². The number of rotatable bonds is 6. The van der Waals surface area contributed by atoms with E-state index < -0.39 is 17.5 Å². The van der Waals surface area contributed by atoms with Crippen LogP contribution in [0.5, 0.6) is 5.75 Å². The molecule has 0 amide bonds. The van der Waals surface area contributed by atoms with E-state index in [1.807, 2.05) is 18.9 Å². The minimum Gasteiger partial charge on any atom is -0.489 e. The van der Waals surface area contributed by atoms with E-state index in [-0.39, 0.29) is 11.8 Å². The zero-order chi connectivity index (χ0) is 16.1. The summed E-state index contributed by atoms with van der Waals surface area (Å²) in [5.74, 6) is -1.92. The fourth-order valence-corrected chi connectivity index (χ4v) is 2.08. The van der Waals surface area contributed by atoms with E-state index in [1.165, 1.54) is 12.1 Å². The van der Waals surface area contributed by atoms with Gasteiger partial charge in [-0.2, -0.15) is 0 Å². The summed E-state index contributed by atoms with van der Waals surface area (Å²) in [7, 11) is 1.84. The molecule has 2 aromatic carbocycles. The van der Waals surface area contributed by atoms with Crippen LogP contribution in [0.3, 0.4) is 0 Å². The minimum atomic E-state index is -0.861. The first-order valence-corrected chi connectivity index (χ1v) is 7.01. The maximum Gasteiger partial charge on any atom is 0.165 e. The second kappa shape index (κ2) is 7.31. The van der Waals surface area contributed by atoms with Crippen molar-refractivity contribution in [2.24, 2.45) is 0 Å². The zero-order valence-electron chi connectivity index (χ0n) is 12.5. The van der Waals surface area contributed by atoms with Crippen LogP contribution in [0.15, 0.2) is 42.5 Å². The van der Waals surface area contributed by atoms with Gasteiger partial charge < -0.3 is 4.74 Å². The van der Waals surface area contributed by atoms with E-state index >= 15 is 0 Å². The molecule has 0 fully saturated rings. The number of benzene rings is 2. The molecule has 0 heterocycles. The van der Waals surface area contributed by atoms with Crippen LogP contribution in [0.1, 0.15) is 18.5 Å². The van der Waals surface area contributed by atoms with E-state index in [0.29, 0.717) is 18.7 Å². The van der Waals surface area contributed by atoms with E-state index in [9.17, 15) is 13.2 Å². The average Bonchev–Trinajstić information content (AvgIpc) is 2.51. The van der Waals surface area contributed by atoms with Gasteiger partial charge in [-0.1, -0.05) is 18.2 Å². The van der Waals surface area contributed by atoms with Gasteiger partial charge in [0.2, 0.25) is 0 Å². The lowest BCUT2D eigenvalue weighted by Crippen LogP contribution is -2.27. The Morgan fingerprint density at radius 1 is 1.00 bits per heavy atom. The summed E-state index contributed by atoms with van der Waals surface area (Å²) in [5, 5.41) is 0. The predicted octanol–water partition coefficient (Wildman–Crippen LogP) is 4.18. The van der Waals surface area contributed by atoms with Gasteiger partial charge in [0.25, 0.3) is 0 Å². The molecule has 2 aromatic rings. The molecule has 0 saturated carbocycles. The number of para-hydroxylation sites is 1. The summed E-state index contributed by atoms with van der Waals surface area (Å²) in [6, 6.07) is 9.94.